The zero-order chi connectivity index (χ0) is 13.1. The number of hydrogen-bond donors (Lipinski definition) is 1. The van der Waals surface area contributed by atoms with Crippen LogP contribution in [0, 0.1) is 21.4 Å². The molecule has 0 saturated carbocycles. The van der Waals surface area contributed by atoms with Crippen molar-refractivity contribution in [1.82, 2.24) is 5.32 Å². The molecule has 0 aromatic rings. The van der Waals surface area contributed by atoms with E-state index in [1.54, 1.807) is 12.1 Å². The van der Waals surface area contributed by atoms with Gasteiger partial charge < -0.3 is 5.32 Å². The van der Waals surface area contributed by atoms with Crippen LogP contribution < -0.4 is 5.32 Å². The van der Waals surface area contributed by atoms with Crippen LogP contribution in [-0.4, -0.2) is 11.1 Å². The molecule has 1 N–H and O–H groups in total. The van der Waals surface area contributed by atoms with E-state index >= 15 is 0 Å². The summed E-state index contributed by atoms with van der Waals surface area (Å²) in [5, 5.41) is 21.7. The summed E-state index contributed by atoms with van der Waals surface area (Å²) in [5.41, 5.74) is 0.782. The Labute approximate surface area is 103 Å². The number of hydrogen-bond acceptors (Lipinski definition) is 4. The molecule has 17 heavy (non-hydrogen) atoms. The summed E-state index contributed by atoms with van der Waals surface area (Å²) in [7, 11) is 0. The van der Waals surface area contributed by atoms with Crippen LogP contribution in [0.4, 0.5) is 0 Å². The molecule has 5 heteroatoms. The van der Waals surface area contributed by atoms with Gasteiger partial charge in [0, 0.05) is 5.70 Å². The molecule has 0 radical (unpaired) electrons. The molecule has 1 atom stereocenters. The van der Waals surface area contributed by atoms with Gasteiger partial charge in [0.05, 0.1) is 4.92 Å². The van der Waals surface area contributed by atoms with Crippen molar-refractivity contribution in [1.29, 1.82) is 5.26 Å². The number of rotatable bonds is 9. The first kappa shape index (κ1) is 15.4. The molecule has 0 saturated heterocycles. The minimum Gasteiger partial charge on any atom is -0.315 e. The molecule has 0 aromatic heterocycles. The van der Waals surface area contributed by atoms with E-state index in [0.29, 0.717) is 0 Å². The molecule has 96 valence electrons. The summed E-state index contributed by atoms with van der Waals surface area (Å²) >= 11 is 0. The second-order valence-electron chi connectivity index (χ2n) is 3.94. The Morgan fingerprint density at radius 3 is 2.59 bits per heavy atom. The predicted molar refractivity (Wildman–Crippen MR) is 66.7 cm³/mol. The topological polar surface area (TPSA) is 79.0 Å². The van der Waals surface area contributed by atoms with E-state index in [0.717, 1.165) is 25.0 Å². The predicted octanol–water partition coefficient (Wildman–Crippen LogP) is 2.97. The van der Waals surface area contributed by atoms with Gasteiger partial charge in [-0.15, -0.1) is 0 Å². The SMILES string of the molecule is C/C=C(/CCCCCCC)NC(C#N)[N+](=O)[O-]. The van der Waals surface area contributed by atoms with E-state index in [1.807, 2.05) is 6.92 Å². The normalized spacial score (nSPS) is 12.9. The summed E-state index contributed by atoms with van der Waals surface area (Å²) in [6.45, 7) is 3.98. The zero-order valence-corrected chi connectivity index (χ0v) is 10.6. The van der Waals surface area contributed by atoms with Gasteiger partial charge in [-0.05, 0) is 19.8 Å². The third-order valence-electron chi connectivity index (χ3n) is 2.55. The number of allylic oxidation sites excluding steroid dienone is 2. The van der Waals surface area contributed by atoms with Gasteiger partial charge in [0.15, 0.2) is 6.07 Å². The second-order valence-corrected chi connectivity index (χ2v) is 3.94. The molecule has 0 fully saturated rings. The summed E-state index contributed by atoms with van der Waals surface area (Å²) in [6.07, 6.45) is 6.99. The van der Waals surface area contributed by atoms with Crippen LogP contribution in [0.2, 0.25) is 0 Å². The van der Waals surface area contributed by atoms with Crippen molar-refractivity contribution in [3.8, 4) is 6.07 Å². The highest BCUT2D eigenvalue weighted by Gasteiger charge is 2.18. The minimum absolute atomic E-state index is 0.611. The Morgan fingerprint density at radius 2 is 2.12 bits per heavy atom. The first-order valence-electron chi connectivity index (χ1n) is 6.10. The van der Waals surface area contributed by atoms with E-state index in [1.165, 1.54) is 19.3 Å². The summed E-state index contributed by atoms with van der Waals surface area (Å²) < 4.78 is 0. The lowest BCUT2D eigenvalue weighted by molar-refractivity contribution is -0.512. The number of nitrogens with one attached hydrogen (secondary N) is 1. The monoisotopic (exact) mass is 239 g/mol. The van der Waals surface area contributed by atoms with Crippen molar-refractivity contribution in [2.24, 2.45) is 0 Å². The van der Waals surface area contributed by atoms with E-state index < -0.39 is 11.1 Å². The Morgan fingerprint density at radius 1 is 1.47 bits per heavy atom. The van der Waals surface area contributed by atoms with Gasteiger partial charge in [-0.2, -0.15) is 5.26 Å². The quantitative estimate of drug-likeness (QED) is 0.290. The molecule has 0 heterocycles. The molecule has 0 aliphatic heterocycles. The van der Waals surface area contributed by atoms with Crippen LogP contribution in [0.1, 0.15) is 52.4 Å². The average Bonchev–Trinajstić information content (AvgIpc) is 2.32. The lowest BCUT2D eigenvalue weighted by Crippen LogP contribution is -2.34. The van der Waals surface area contributed by atoms with Crippen LogP contribution in [0.15, 0.2) is 11.8 Å². The maximum absolute atomic E-state index is 10.5. The maximum Gasteiger partial charge on any atom is 0.371 e. The van der Waals surface area contributed by atoms with Crippen molar-refractivity contribution < 1.29 is 4.92 Å². The molecule has 0 amide bonds. The molecular weight excluding hydrogens is 218 g/mol. The van der Waals surface area contributed by atoms with E-state index in [9.17, 15) is 10.1 Å². The lowest BCUT2D eigenvalue weighted by atomic mass is 10.1. The zero-order valence-electron chi connectivity index (χ0n) is 10.6. The smallest absolute Gasteiger partial charge is 0.315 e. The van der Waals surface area contributed by atoms with Crippen LogP contribution in [0.25, 0.3) is 0 Å². The molecule has 0 aliphatic carbocycles. The molecule has 0 spiro atoms. The summed E-state index contributed by atoms with van der Waals surface area (Å²) in [4.78, 5) is 9.88. The van der Waals surface area contributed by atoms with E-state index in [-0.39, 0.29) is 0 Å². The van der Waals surface area contributed by atoms with Crippen LogP contribution in [-0.2, 0) is 0 Å². The van der Waals surface area contributed by atoms with Gasteiger partial charge >= 0.3 is 6.17 Å². The summed E-state index contributed by atoms with van der Waals surface area (Å²) in [5.74, 6) is 0. The minimum atomic E-state index is -1.34. The first-order chi connectivity index (χ1) is 8.15. The fourth-order valence-electron chi connectivity index (χ4n) is 1.53. The molecule has 0 aromatic carbocycles. The fourth-order valence-corrected chi connectivity index (χ4v) is 1.53. The number of nitro groups is 1. The van der Waals surface area contributed by atoms with Crippen molar-refractivity contribution >= 4 is 0 Å². The Kier molecular flexibility index (Phi) is 8.75. The van der Waals surface area contributed by atoms with Crippen molar-refractivity contribution in [2.45, 2.75) is 58.5 Å². The maximum atomic E-state index is 10.5. The molecule has 5 nitrogen and oxygen atoms in total. The van der Waals surface area contributed by atoms with Gasteiger partial charge in [0.2, 0.25) is 0 Å². The molecule has 1 unspecified atom stereocenters. The Hall–Kier alpha value is -1.57. The van der Waals surface area contributed by atoms with E-state index in [2.05, 4.69) is 12.2 Å². The largest absolute Gasteiger partial charge is 0.371 e. The third kappa shape index (κ3) is 7.34. The van der Waals surface area contributed by atoms with Gasteiger partial charge in [0.25, 0.3) is 0 Å². The highest BCUT2D eigenvalue weighted by atomic mass is 16.6. The number of nitrogens with zero attached hydrogens (tertiary/aromatic N) is 2. The van der Waals surface area contributed by atoms with Gasteiger partial charge in [-0.25, -0.2) is 0 Å². The Bertz CT molecular complexity index is 295. The number of nitriles is 1. The van der Waals surface area contributed by atoms with Gasteiger partial charge in [-0.1, -0.05) is 38.7 Å². The van der Waals surface area contributed by atoms with Crippen LogP contribution in [0.3, 0.4) is 0 Å². The average molecular weight is 239 g/mol. The van der Waals surface area contributed by atoms with Gasteiger partial charge in [0.1, 0.15) is 0 Å². The van der Waals surface area contributed by atoms with Crippen LogP contribution in [0.5, 0.6) is 0 Å². The highest BCUT2D eigenvalue weighted by molar-refractivity contribution is 5.01. The van der Waals surface area contributed by atoms with Crippen LogP contribution >= 0.6 is 0 Å². The standard InChI is InChI=1S/C12H21N3O2/c1-3-5-6-7-8-9-11(4-2)14-12(10-13)15(16)17/h4,12,14H,3,5-9H2,1-2H3/b11-4-. The molecular formula is C12H21N3O2. The number of unbranched alkanes of at least 4 members (excludes halogenated alkanes) is 4. The molecule has 0 aliphatic rings. The van der Waals surface area contributed by atoms with E-state index in [4.69, 9.17) is 5.26 Å². The van der Waals surface area contributed by atoms with Crippen molar-refractivity contribution in [3.63, 3.8) is 0 Å². The third-order valence-corrected chi connectivity index (χ3v) is 2.55. The Balaban J connectivity index is 3.93. The van der Waals surface area contributed by atoms with Gasteiger partial charge in [-0.3, -0.25) is 10.1 Å². The second kappa shape index (κ2) is 9.64. The molecule has 0 bridgehead atoms. The highest BCUT2D eigenvalue weighted by Crippen LogP contribution is 2.09. The first-order valence-corrected chi connectivity index (χ1v) is 6.10. The molecule has 0 rings (SSSR count). The lowest BCUT2D eigenvalue weighted by Gasteiger charge is -2.10. The summed E-state index contributed by atoms with van der Waals surface area (Å²) in [6, 6.07) is 1.63. The van der Waals surface area contributed by atoms with Crippen molar-refractivity contribution in [2.75, 3.05) is 0 Å². The van der Waals surface area contributed by atoms with Crippen molar-refractivity contribution in [3.05, 3.63) is 21.9 Å². The fraction of sp³-hybridized carbons (Fsp3) is 0.750.